The Morgan fingerprint density at radius 3 is 2.67 bits per heavy atom. The molecular weight excluding hydrogens is 192 g/mol. The molecular formula is C12H20O3. The largest absolute Gasteiger partial charge is 0.495 e. The van der Waals surface area contributed by atoms with Gasteiger partial charge in [0, 0.05) is 6.08 Å². The van der Waals surface area contributed by atoms with Crippen LogP contribution in [0.3, 0.4) is 0 Å². The fraction of sp³-hybridized carbons (Fsp3) is 0.583. The summed E-state index contributed by atoms with van der Waals surface area (Å²) in [4.78, 5) is 10.7. The molecule has 0 aromatic heterocycles. The van der Waals surface area contributed by atoms with E-state index in [0.29, 0.717) is 12.4 Å². The summed E-state index contributed by atoms with van der Waals surface area (Å²) in [5, 5.41) is 0. The van der Waals surface area contributed by atoms with Crippen LogP contribution in [0.25, 0.3) is 0 Å². The van der Waals surface area contributed by atoms with Crippen molar-refractivity contribution in [3.63, 3.8) is 0 Å². The van der Waals surface area contributed by atoms with E-state index in [4.69, 9.17) is 4.74 Å². The predicted molar refractivity (Wildman–Crippen MR) is 60.1 cm³/mol. The maximum absolute atomic E-state index is 10.7. The highest BCUT2D eigenvalue weighted by Crippen LogP contribution is 2.02. The number of esters is 1. The van der Waals surface area contributed by atoms with Gasteiger partial charge < -0.3 is 9.47 Å². The number of allylic oxidation sites excluding steroid dienone is 1. The fourth-order valence-electron chi connectivity index (χ4n) is 0.985. The molecule has 0 atom stereocenters. The molecule has 0 rings (SSSR count). The quantitative estimate of drug-likeness (QED) is 0.268. The first-order chi connectivity index (χ1) is 7.20. The van der Waals surface area contributed by atoms with Crippen LogP contribution in [-0.2, 0) is 14.3 Å². The zero-order valence-corrected chi connectivity index (χ0v) is 9.62. The van der Waals surface area contributed by atoms with E-state index in [0.717, 1.165) is 12.5 Å². The van der Waals surface area contributed by atoms with Gasteiger partial charge in [0.1, 0.15) is 12.0 Å². The zero-order valence-electron chi connectivity index (χ0n) is 9.62. The summed E-state index contributed by atoms with van der Waals surface area (Å²) in [6.07, 6.45) is 7.09. The minimum Gasteiger partial charge on any atom is -0.495 e. The third-order valence-corrected chi connectivity index (χ3v) is 1.84. The van der Waals surface area contributed by atoms with Crippen LogP contribution in [-0.4, -0.2) is 12.6 Å². The van der Waals surface area contributed by atoms with Gasteiger partial charge in [-0.25, -0.2) is 4.79 Å². The number of hydrogen-bond acceptors (Lipinski definition) is 3. The van der Waals surface area contributed by atoms with Gasteiger partial charge in [0.25, 0.3) is 0 Å². The number of carbonyl (C=O) groups excluding carboxylic acids is 1. The van der Waals surface area contributed by atoms with Gasteiger partial charge in [-0.1, -0.05) is 32.8 Å². The van der Waals surface area contributed by atoms with Crippen molar-refractivity contribution >= 4 is 5.97 Å². The van der Waals surface area contributed by atoms with Crippen molar-refractivity contribution in [2.75, 3.05) is 6.61 Å². The van der Waals surface area contributed by atoms with Crippen LogP contribution >= 0.6 is 0 Å². The molecule has 0 saturated carbocycles. The van der Waals surface area contributed by atoms with Crippen molar-refractivity contribution in [2.24, 2.45) is 0 Å². The van der Waals surface area contributed by atoms with E-state index in [2.05, 4.69) is 18.2 Å². The molecule has 0 amide bonds. The summed E-state index contributed by atoms with van der Waals surface area (Å²) in [6.45, 7) is 7.89. The molecule has 86 valence electrons. The van der Waals surface area contributed by atoms with Gasteiger partial charge >= 0.3 is 5.97 Å². The molecule has 0 saturated heterocycles. The Kier molecular flexibility index (Phi) is 8.53. The normalized spacial score (nSPS) is 10.9. The number of carbonyl (C=O) groups is 1. The summed E-state index contributed by atoms with van der Waals surface area (Å²) in [6, 6.07) is 0. The molecule has 0 aromatic carbocycles. The van der Waals surface area contributed by atoms with Gasteiger partial charge in [0.2, 0.25) is 0 Å². The molecule has 0 aliphatic carbocycles. The van der Waals surface area contributed by atoms with E-state index in [1.807, 2.05) is 0 Å². The van der Waals surface area contributed by atoms with E-state index in [1.54, 1.807) is 6.92 Å². The lowest BCUT2D eigenvalue weighted by Crippen LogP contribution is -1.97. The molecule has 0 fully saturated rings. The first-order valence-corrected chi connectivity index (χ1v) is 5.33. The molecule has 0 unspecified atom stereocenters. The maximum atomic E-state index is 10.7. The van der Waals surface area contributed by atoms with Crippen molar-refractivity contribution in [2.45, 2.75) is 39.5 Å². The molecule has 0 aliphatic heterocycles. The van der Waals surface area contributed by atoms with Crippen molar-refractivity contribution in [1.82, 2.24) is 0 Å². The standard InChI is InChI=1S/C12H20O3/c1-4-6-7-8-9-14-11(3)10-15-12(13)5-2/h5,10H,2,4,6-9H2,1,3H3/b11-10-. The highest BCUT2D eigenvalue weighted by atomic mass is 16.5. The van der Waals surface area contributed by atoms with Crippen molar-refractivity contribution in [3.8, 4) is 0 Å². The van der Waals surface area contributed by atoms with E-state index < -0.39 is 5.97 Å². The second kappa shape index (κ2) is 9.31. The molecule has 0 heterocycles. The molecule has 0 spiro atoms. The van der Waals surface area contributed by atoms with E-state index in [1.165, 1.54) is 25.5 Å². The highest BCUT2D eigenvalue weighted by Gasteiger charge is 1.94. The first kappa shape index (κ1) is 13.8. The smallest absolute Gasteiger partial charge is 0.335 e. The Morgan fingerprint density at radius 2 is 2.07 bits per heavy atom. The van der Waals surface area contributed by atoms with Gasteiger partial charge in [-0.05, 0) is 13.3 Å². The average Bonchev–Trinajstić information content (AvgIpc) is 2.25. The van der Waals surface area contributed by atoms with Gasteiger partial charge in [0.05, 0.1) is 6.61 Å². The average molecular weight is 212 g/mol. The number of hydrogen-bond donors (Lipinski definition) is 0. The number of ether oxygens (including phenoxy) is 2. The SMILES string of the molecule is C=CC(=O)O/C=C(/C)OCCCCCC. The Morgan fingerprint density at radius 1 is 1.33 bits per heavy atom. The summed E-state index contributed by atoms with van der Waals surface area (Å²) in [7, 11) is 0. The molecule has 3 heteroatoms. The monoisotopic (exact) mass is 212 g/mol. The van der Waals surface area contributed by atoms with Gasteiger partial charge in [-0.3, -0.25) is 0 Å². The van der Waals surface area contributed by atoms with E-state index in [9.17, 15) is 4.79 Å². The van der Waals surface area contributed by atoms with Crippen LogP contribution in [0.5, 0.6) is 0 Å². The van der Waals surface area contributed by atoms with Crippen LogP contribution in [0, 0.1) is 0 Å². The van der Waals surface area contributed by atoms with Crippen LogP contribution in [0.4, 0.5) is 0 Å². The fourth-order valence-corrected chi connectivity index (χ4v) is 0.985. The molecule has 0 N–H and O–H groups in total. The minimum absolute atomic E-state index is 0.469. The summed E-state index contributed by atoms with van der Waals surface area (Å²) >= 11 is 0. The van der Waals surface area contributed by atoms with Crippen LogP contribution in [0.1, 0.15) is 39.5 Å². The number of unbranched alkanes of at least 4 members (excludes halogenated alkanes) is 3. The Hall–Kier alpha value is -1.25. The number of rotatable bonds is 8. The molecule has 0 bridgehead atoms. The lowest BCUT2D eigenvalue weighted by atomic mass is 10.2. The lowest BCUT2D eigenvalue weighted by Gasteiger charge is -2.05. The van der Waals surface area contributed by atoms with Crippen LogP contribution in [0.15, 0.2) is 24.7 Å². The molecule has 3 nitrogen and oxygen atoms in total. The maximum Gasteiger partial charge on any atom is 0.335 e. The van der Waals surface area contributed by atoms with E-state index in [-0.39, 0.29) is 0 Å². The van der Waals surface area contributed by atoms with Crippen molar-refractivity contribution < 1.29 is 14.3 Å². The van der Waals surface area contributed by atoms with Crippen LogP contribution < -0.4 is 0 Å². The second-order valence-corrected chi connectivity index (χ2v) is 3.28. The predicted octanol–water partition coefficient (Wildman–Crippen LogP) is 3.17. The van der Waals surface area contributed by atoms with E-state index >= 15 is 0 Å². The Balaban J connectivity index is 3.50. The zero-order chi connectivity index (χ0) is 11.5. The Labute approximate surface area is 91.8 Å². The molecule has 15 heavy (non-hydrogen) atoms. The van der Waals surface area contributed by atoms with Gasteiger partial charge in [0.15, 0.2) is 0 Å². The second-order valence-electron chi connectivity index (χ2n) is 3.28. The Bertz CT molecular complexity index is 219. The molecule has 0 aliphatic rings. The molecule has 0 radical (unpaired) electrons. The molecule has 0 aromatic rings. The minimum atomic E-state index is -0.469. The third kappa shape index (κ3) is 9.06. The summed E-state index contributed by atoms with van der Waals surface area (Å²) in [5.41, 5.74) is 0. The van der Waals surface area contributed by atoms with Crippen molar-refractivity contribution in [3.05, 3.63) is 24.7 Å². The summed E-state index contributed by atoms with van der Waals surface area (Å²) in [5.74, 6) is 0.144. The highest BCUT2D eigenvalue weighted by molar-refractivity contribution is 5.81. The topological polar surface area (TPSA) is 35.5 Å². The van der Waals surface area contributed by atoms with Gasteiger partial charge in [-0.2, -0.15) is 0 Å². The van der Waals surface area contributed by atoms with Crippen molar-refractivity contribution in [1.29, 1.82) is 0 Å². The van der Waals surface area contributed by atoms with Gasteiger partial charge in [-0.15, -0.1) is 0 Å². The lowest BCUT2D eigenvalue weighted by molar-refractivity contribution is -0.132. The summed E-state index contributed by atoms with van der Waals surface area (Å²) < 4.78 is 10.0. The van der Waals surface area contributed by atoms with Crippen LogP contribution in [0.2, 0.25) is 0 Å². The third-order valence-electron chi connectivity index (χ3n) is 1.84. The first-order valence-electron chi connectivity index (χ1n) is 5.33.